The summed E-state index contributed by atoms with van der Waals surface area (Å²) < 4.78 is 43.8. The summed E-state index contributed by atoms with van der Waals surface area (Å²) in [5.74, 6) is -2.01. The minimum Gasteiger partial charge on any atom is -0.481 e. The highest BCUT2D eigenvalue weighted by Crippen LogP contribution is 2.21. The third kappa shape index (κ3) is 4.23. The first-order valence-electron chi connectivity index (χ1n) is 8.97. The Morgan fingerprint density at radius 1 is 1.32 bits per heavy atom. The molecule has 1 aromatic heterocycles. The van der Waals surface area contributed by atoms with Crippen LogP contribution in [0.2, 0.25) is 0 Å². The molecule has 3 rings (SSSR count). The van der Waals surface area contributed by atoms with Crippen LogP contribution in [0.3, 0.4) is 0 Å². The summed E-state index contributed by atoms with van der Waals surface area (Å²) in [5, 5.41) is 13.6. The number of aliphatic carboxylic acids is 1. The van der Waals surface area contributed by atoms with E-state index in [0.717, 1.165) is 11.3 Å². The van der Waals surface area contributed by atoms with Crippen molar-refractivity contribution in [3.63, 3.8) is 0 Å². The van der Waals surface area contributed by atoms with Crippen molar-refractivity contribution in [3.8, 4) is 5.69 Å². The van der Waals surface area contributed by atoms with Crippen LogP contribution in [0.1, 0.15) is 29.8 Å². The van der Waals surface area contributed by atoms with Crippen LogP contribution in [0.25, 0.3) is 5.69 Å². The van der Waals surface area contributed by atoms with Crippen molar-refractivity contribution in [3.05, 3.63) is 47.0 Å². The van der Waals surface area contributed by atoms with Gasteiger partial charge in [0.1, 0.15) is 5.82 Å². The van der Waals surface area contributed by atoms with Gasteiger partial charge in [0.15, 0.2) is 0 Å². The molecule has 152 valence electrons. The molecule has 2 heterocycles. The topological polar surface area (TPSA) is 105 Å². The van der Waals surface area contributed by atoms with Crippen LogP contribution in [0.4, 0.5) is 4.39 Å². The number of nitrogens with zero attached hydrogens (tertiary/aromatic N) is 3. The van der Waals surface area contributed by atoms with Crippen LogP contribution in [0.5, 0.6) is 0 Å². The summed E-state index contributed by atoms with van der Waals surface area (Å²) in [7, 11) is -3.81. The van der Waals surface area contributed by atoms with E-state index in [1.54, 1.807) is 23.7 Å². The first-order chi connectivity index (χ1) is 13.2. The Kier molecular flexibility index (Phi) is 5.82. The number of aromatic nitrogens is 2. The lowest BCUT2D eigenvalue weighted by molar-refractivity contribution is -0.142. The number of piperidine rings is 1. The Bertz CT molecular complexity index is 972. The number of rotatable bonds is 6. The van der Waals surface area contributed by atoms with Crippen LogP contribution < -0.4 is 4.72 Å². The monoisotopic (exact) mass is 410 g/mol. The first kappa shape index (κ1) is 20.4. The van der Waals surface area contributed by atoms with E-state index in [4.69, 9.17) is 5.11 Å². The maximum Gasteiger partial charge on any atom is 0.307 e. The molecule has 28 heavy (non-hydrogen) atoms. The van der Waals surface area contributed by atoms with Gasteiger partial charge >= 0.3 is 5.97 Å². The number of hydrogen-bond acceptors (Lipinski definition) is 4. The Balaban J connectivity index is 1.75. The lowest BCUT2D eigenvalue weighted by atomic mass is 10.0. The van der Waals surface area contributed by atoms with Crippen LogP contribution in [0.15, 0.2) is 24.3 Å². The summed E-state index contributed by atoms with van der Waals surface area (Å²) >= 11 is 0. The highest BCUT2D eigenvalue weighted by molar-refractivity contribution is 7.87. The summed E-state index contributed by atoms with van der Waals surface area (Å²) in [6.45, 7) is 3.89. The van der Waals surface area contributed by atoms with Gasteiger partial charge in [0.2, 0.25) is 0 Å². The SMILES string of the molecule is Cc1nn(-c2ccc(F)cc2)c(C)c1CNS(=O)(=O)N1CCC[C@H](C(=O)O)C1. The van der Waals surface area contributed by atoms with Crippen LogP contribution in [-0.2, 0) is 21.5 Å². The van der Waals surface area contributed by atoms with E-state index in [9.17, 15) is 17.6 Å². The fraction of sp³-hybridized carbons (Fsp3) is 0.444. The van der Waals surface area contributed by atoms with Crippen LogP contribution in [0, 0.1) is 25.6 Å². The number of halogens is 1. The molecular formula is C18H23FN4O4S. The number of carboxylic acids is 1. The van der Waals surface area contributed by atoms with Gasteiger partial charge in [0.25, 0.3) is 10.2 Å². The second-order valence-electron chi connectivity index (χ2n) is 6.90. The smallest absolute Gasteiger partial charge is 0.307 e. The number of benzene rings is 1. The van der Waals surface area contributed by atoms with Gasteiger partial charge in [0, 0.05) is 30.9 Å². The molecule has 1 aliphatic heterocycles. The molecule has 2 aromatic rings. The Hall–Kier alpha value is -2.30. The zero-order valence-electron chi connectivity index (χ0n) is 15.7. The zero-order valence-corrected chi connectivity index (χ0v) is 16.5. The lowest BCUT2D eigenvalue weighted by Crippen LogP contribution is -2.47. The molecule has 1 fully saturated rings. The molecule has 1 aromatic carbocycles. The summed E-state index contributed by atoms with van der Waals surface area (Å²) in [6.07, 6.45) is 0.989. The Morgan fingerprint density at radius 3 is 2.64 bits per heavy atom. The van der Waals surface area contributed by atoms with Crippen molar-refractivity contribution in [1.29, 1.82) is 0 Å². The third-order valence-corrected chi connectivity index (χ3v) is 6.54. The minimum absolute atomic E-state index is 0.0303. The van der Waals surface area contributed by atoms with Gasteiger partial charge in [-0.2, -0.15) is 22.5 Å². The maximum atomic E-state index is 13.1. The Morgan fingerprint density at radius 2 is 2.00 bits per heavy atom. The second-order valence-corrected chi connectivity index (χ2v) is 8.65. The fourth-order valence-corrected chi connectivity index (χ4v) is 4.64. The molecule has 0 amide bonds. The molecule has 8 nitrogen and oxygen atoms in total. The molecule has 2 N–H and O–H groups in total. The van der Waals surface area contributed by atoms with E-state index in [2.05, 4.69) is 9.82 Å². The van der Waals surface area contributed by atoms with Gasteiger partial charge in [0.05, 0.1) is 17.3 Å². The minimum atomic E-state index is -3.81. The average Bonchev–Trinajstić information content (AvgIpc) is 2.94. The molecule has 1 aliphatic rings. The molecular weight excluding hydrogens is 387 g/mol. The molecule has 0 unspecified atom stereocenters. The largest absolute Gasteiger partial charge is 0.481 e. The molecule has 1 atom stereocenters. The van der Waals surface area contributed by atoms with Gasteiger partial charge in [-0.3, -0.25) is 4.79 Å². The Labute approximate surface area is 163 Å². The lowest BCUT2D eigenvalue weighted by Gasteiger charge is -2.29. The van der Waals surface area contributed by atoms with Gasteiger partial charge < -0.3 is 5.11 Å². The molecule has 10 heteroatoms. The van der Waals surface area contributed by atoms with Crippen molar-refractivity contribution < 1.29 is 22.7 Å². The predicted octanol–water partition coefficient (Wildman–Crippen LogP) is 1.76. The standard InChI is InChI=1S/C18H23FN4O4S/c1-12-17(13(2)23(21-12)16-7-5-15(19)6-8-16)10-20-28(26,27)22-9-3-4-14(11-22)18(24)25/h5-8,14,20H,3-4,9-11H2,1-2H3,(H,24,25)/t14-/m0/s1. The number of carboxylic acid groups (broad SMARTS) is 1. The maximum absolute atomic E-state index is 13.1. The highest BCUT2D eigenvalue weighted by Gasteiger charge is 2.32. The van der Waals surface area contributed by atoms with Gasteiger partial charge in [-0.1, -0.05) is 0 Å². The van der Waals surface area contributed by atoms with Crippen molar-refractivity contribution in [2.75, 3.05) is 13.1 Å². The summed E-state index contributed by atoms with van der Waals surface area (Å²) in [5.41, 5.74) is 2.80. The van der Waals surface area contributed by atoms with E-state index in [0.29, 0.717) is 30.8 Å². The molecule has 0 saturated carbocycles. The number of hydrogen-bond donors (Lipinski definition) is 2. The zero-order chi connectivity index (χ0) is 20.5. The predicted molar refractivity (Wildman–Crippen MR) is 101 cm³/mol. The van der Waals surface area contributed by atoms with Crippen LogP contribution in [-0.4, -0.2) is 46.7 Å². The van der Waals surface area contributed by atoms with Crippen LogP contribution >= 0.6 is 0 Å². The van der Waals surface area contributed by atoms with E-state index < -0.39 is 22.1 Å². The quantitative estimate of drug-likeness (QED) is 0.755. The number of aryl methyl sites for hydroxylation is 1. The number of nitrogens with one attached hydrogen (secondary N) is 1. The third-order valence-electron chi connectivity index (χ3n) is 5.02. The normalized spacial score (nSPS) is 18.3. The van der Waals surface area contributed by atoms with Crippen molar-refractivity contribution in [2.24, 2.45) is 5.92 Å². The molecule has 0 aliphatic carbocycles. The molecule has 1 saturated heterocycles. The van der Waals surface area contributed by atoms with Gasteiger partial charge in [-0.05, 0) is 51.0 Å². The molecule has 0 bridgehead atoms. The first-order valence-corrected chi connectivity index (χ1v) is 10.4. The van der Waals surface area contributed by atoms with E-state index in [1.807, 2.05) is 6.92 Å². The fourth-order valence-electron chi connectivity index (χ4n) is 3.38. The summed E-state index contributed by atoms with van der Waals surface area (Å²) in [6, 6.07) is 5.87. The van der Waals surface area contributed by atoms with Crippen molar-refractivity contribution in [2.45, 2.75) is 33.2 Å². The van der Waals surface area contributed by atoms with Crippen molar-refractivity contribution >= 4 is 16.2 Å². The summed E-state index contributed by atoms with van der Waals surface area (Å²) in [4.78, 5) is 11.2. The highest BCUT2D eigenvalue weighted by atomic mass is 32.2. The van der Waals surface area contributed by atoms with Gasteiger partial charge in [-0.15, -0.1) is 0 Å². The van der Waals surface area contributed by atoms with Gasteiger partial charge in [-0.25, -0.2) is 9.07 Å². The van der Waals surface area contributed by atoms with E-state index >= 15 is 0 Å². The molecule has 0 radical (unpaired) electrons. The van der Waals surface area contributed by atoms with E-state index in [-0.39, 0.29) is 18.9 Å². The van der Waals surface area contributed by atoms with Crippen molar-refractivity contribution in [1.82, 2.24) is 18.8 Å². The van der Waals surface area contributed by atoms with E-state index in [1.165, 1.54) is 16.4 Å². The average molecular weight is 410 g/mol. The number of carbonyl (C=O) groups is 1. The molecule has 0 spiro atoms. The second kappa shape index (κ2) is 7.98.